The predicted molar refractivity (Wildman–Crippen MR) is 117 cm³/mol. The Morgan fingerprint density at radius 3 is 2.59 bits per heavy atom. The first-order chi connectivity index (χ1) is 15.3. The van der Waals surface area contributed by atoms with E-state index in [2.05, 4.69) is 25.8 Å². The van der Waals surface area contributed by atoms with Crippen molar-refractivity contribution in [3.8, 4) is 0 Å². The highest BCUT2D eigenvalue weighted by Gasteiger charge is 2.57. The van der Waals surface area contributed by atoms with Gasteiger partial charge in [-0.1, -0.05) is 24.1 Å². The summed E-state index contributed by atoms with van der Waals surface area (Å²) in [5.41, 5.74) is 0.183. The summed E-state index contributed by atoms with van der Waals surface area (Å²) >= 11 is 1.74. The molecule has 172 valence electrons. The van der Waals surface area contributed by atoms with Crippen LogP contribution >= 0.6 is 11.9 Å². The lowest BCUT2D eigenvalue weighted by Crippen LogP contribution is -2.28. The van der Waals surface area contributed by atoms with Crippen molar-refractivity contribution < 1.29 is 17.6 Å². The molecule has 2 atom stereocenters. The van der Waals surface area contributed by atoms with Crippen molar-refractivity contribution in [1.82, 2.24) is 14.3 Å². The van der Waals surface area contributed by atoms with Gasteiger partial charge in [0.25, 0.3) is 0 Å². The molecule has 5 rings (SSSR count). The van der Waals surface area contributed by atoms with E-state index in [0.717, 1.165) is 50.9 Å². The van der Waals surface area contributed by atoms with E-state index < -0.39 is 17.6 Å². The van der Waals surface area contributed by atoms with Crippen molar-refractivity contribution in [3.05, 3.63) is 47.5 Å². The van der Waals surface area contributed by atoms with E-state index in [9.17, 15) is 13.2 Å². The quantitative estimate of drug-likeness (QED) is 0.459. The Labute approximate surface area is 188 Å². The van der Waals surface area contributed by atoms with E-state index in [1.54, 1.807) is 11.9 Å². The van der Waals surface area contributed by atoms with E-state index in [1.165, 1.54) is 18.5 Å². The highest BCUT2D eigenvalue weighted by molar-refractivity contribution is 7.96. The molecule has 5 nitrogen and oxygen atoms in total. The lowest BCUT2D eigenvalue weighted by molar-refractivity contribution is -0.137. The summed E-state index contributed by atoms with van der Waals surface area (Å²) in [5.74, 6) is -0.0811. The number of anilines is 2. The Kier molecular flexibility index (Phi) is 5.48. The molecule has 0 radical (unpaired) electrons. The molecule has 1 saturated heterocycles. The average Bonchev–Trinajstić information content (AvgIpc) is 3.66. The molecule has 0 amide bonds. The van der Waals surface area contributed by atoms with Crippen LogP contribution in [0.2, 0.25) is 0 Å². The van der Waals surface area contributed by atoms with Crippen LogP contribution in [0.15, 0.2) is 30.6 Å². The molecule has 3 fully saturated rings. The Morgan fingerprint density at radius 1 is 1.22 bits per heavy atom. The number of hydrogen-bond donors (Lipinski definition) is 1. The smallest absolute Gasteiger partial charge is 0.364 e. The number of nitrogens with one attached hydrogen (secondary N) is 1. The molecule has 2 unspecified atom stereocenters. The van der Waals surface area contributed by atoms with Gasteiger partial charge >= 0.3 is 6.18 Å². The van der Waals surface area contributed by atoms with E-state index in [-0.39, 0.29) is 29.1 Å². The number of nitrogens with zero attached hydrogens (tertiary/aromatic N) is 4. The first kappa shape index (κ1) is 21.8. The molecule has 1 aromatic heterocycles. The standard InChI is InChI=1S/C22H25F4N5S/c1-32-30-9-8-21(12-30)10-17(21)29-19-18(23)20(28-13-27-19)31(16-6-7-16)11-14-2-4-15(5-3-14)22(24,25)26/h2-5,13,16-17H,6-12H2,1H3,(H,27,28,29). The van der Waals surface area contributed by atoms with Gasteiger partial charge in [0.2, 0.25) is 5.82 Å². The molecular weight excluding hydrogens is 442 g/mol. The fourth-order valence-electron chi connectivity index (χ4n) is 4.60. The first-order valence-electron chi connectivity index (χ1n) is 10.8. The van der Waals surface area contributed by atoms with E-state index in [0.29, 0.717) is 12.1 Å². The summed E-state index contributed by atoms with van der Waals surface area (Å²) in [6, 6.07) is 5.35. The Morgan fingerprint density at radius 2 is 1.97 bits per heavy atom. The maximum atomic E-state index is 15.4. The Balaban J connectivity index is 1.32. The molecule has 0 bridgehead atoms. The molecule has 1 aromatic carbocycles. The third kappa shape index (κ3) is 4.26. The molecule has 2 aromatic rings. The molecule has 2 saturated carbocycles. The number of aromatic nitrogens is 2. The zero-order chi connectivity index (χ0) is 22.5. The van der Waals surface area contributed by atoms with Crippen LogP contribution in [-0.2, 0) is 12.7 Å². The van der Waals surface area contributed by atoms with Crippen LogP contribution < -0.4 is 10.2 Å². The van der Waals surface area contributed by atoms with Crippen molar-refractivity contribution >= 4 is 23.6 Å². The van der Waals surface area contributed by atoms with Gasteiger partial charge in [-0.05, 0) is 49.6 Å². The molecule has 10 heteroatoms. The first-order valence-corrected chi connectivity index (χ1v) is 12.0. The van der Waals surface area contributed by atoms with Crippen LogP contribution in [0.25, 0.3) is 0 Å². The minimum absolute atomic E-state index is 0.131. The molecule has 1 N–H and O–H groups in total. The molecular formula is C22H25F4N5S. The summed E-state index contributed by atoms with van der Waals surface area (Å²) < 4.78 is 56.4. The van der Waals surface area contributed by atoms with Gasteiger partial charge in [-0.15, -0.1) is 0 Å². The van der Waals surface area contributed by atoms with E-state index in [1.807, 2.05) is 4.90 Å². The van der Waals surface area contributed by atoms with Crippen molar-refractivity contribution in [1.29, 1.82) is 0 Å². The largest absolute Gasteiger partial charge is 0.416 e. The van der Waals surface area contributed by atoms with Crippen LogP contribution in [-0.4, -0.2) is 45.7 Å². The van der Waals surface area contributed by atoms with Gasteiger partial charge in [0.1, 0.15) is 6.33 Å². The van der Waals surface area contributed by atoms with Crippen molar-refractivity contribution in [2.24, 2.45) is 5.41 Å². The van der Waals surface area contributed by atoms with Gasteiger partial charge in [-0.25, -0.2) is 9.97 Å². The third-order valence-corrected chi connectivity index (χ3v) is 7.60. The zero-order valence-corrected chi connectivity index (χ0v) is 18.5. The van der Waals surface area contributed by atoms with Gasteiger partial charge in [0.15, 0.2) is 11.6 Å². The Hall–Kier alpha value is -2.07. The van der Waals surface area contributed by atoms with E-state index >= 15 is 4.39 Å². The fourth-order valence-corrected chi connectivity index (χ4v) is 5.26. The number of hydrogen-bond acceptors (Lipinski definition) is 6. The fraction of sp³-hybridized carbons (Fsp3) is 0.545. The maximum absolute atomic E-state index is 15.4. The summed E-state index contributed by atoms with van der Waals surface area (Å²) in [7, 11) is 0. The molecule has 3 aliphatic rings. The number of benzene rings is 1. The van der Waals surface area contributed by atoms with Crippen LogP contribution in [0.5, 0.6) is 0 Å². The van der Waals surface area contributed by atoms with Crippen LogP contribution in [0.1, 0.15) is 36.8 Å². The summed E-state index contributed by atoms with van der Waals surface area (Å²) in [6.07, 6.45) is 2.96. The SMILES string of the molecule is CSN1CCC2(CC2Nc2ncnc(N(Cc3ccc(C(F)(F)F)cc3)C3CC3)c2F)C1. The van der Waals surface area contributed by atoms with Crippen LogP contribution in [0.4, 0.5) is 29.2 Å². The number of rotatable bonds is 7. The monoisotopic (exact) mass is 467 g/mol. The van der Waals surface area contributed by atoms with E-state index in [4.69, 9.17) is 0 Å². The highest BCUT2D eigenvalue weighted by atomic mass is 32.2. The highest BCUT2D eigenvalue weighted by Crippen LogP contribution is 2.55. The zero-order valence-electron chi connectivity index (χ0n) is 17.7. The van der Waals surface area contributed by atoms with Crippen LogP contribution in [0, 0.1) is 11.2 Å². The van der Waals surface area contributed by atoms with Gasteiger partial charge in [0, 0.05) is 37.1 Å². The molecule has 1 spiro atoms. The second-order valence-electron chi connectivity index (χ2n) is 8.97. The summed E-state index contributed by atoms with van der Waals surface area (Å²) in [6.45, 7) is 2.33. The maximum Gasteiger partial charge on any atom is 0.416 e. The second-order valence-corrected chi connectivity index (χ2v) is 9.85. The lowest BCUT2D eigenvalue weighted by atomic mass is 10.1. The summed E-state index contributed by atoms with van der Waals surface area (Å²) in [4.78, 5) is 10.2. The van der Waals surface area contributed by atoms with Gasteiger partial charge in [-0.2, -0.15) is 17.6 Å². The number of halogens is 4. The van der Waals surface area contributed by atoms with Crippen LogP contribution in [0.3, 0.4) is 0 Å². The Bertz CT molecular complexity index is 981. The average molecular weight is 468 g/mol. The molecule has 32 heavy (non-hydrogen) atoms. The van der Waals surface area contributed by atoms with Crippen molar-refractivity contribution in [2.45, 2.75) is 50.5 Å². The molecule has 2 heterocycles. The number of alkyl halides is 3. The van der Waals surface area contributed by atoms with Crippen molar-refractivity contribution in [2.75, 3.05) is 29.6 Å². The minimum Gasteiger partial charge on any atom is -0.364 e. The summed E-state index contributed by atoms with van der Waals surface area (Å²) in [5, 5.41) is 3.29. The molecule has 2 aliphatic carbocycles. The predicted octanol–water partition coefficient (Wildman–Crippen LogP) is 4.96. The lowest BCUT2D eigenvalue weighted by Gasteiger charge is -2.25. The van der Waals surface area contributed by atoms with Gasteiger partial charge in [0.05, 0.1) is 5.56 Å². The van der Waals surface area contributed by atoms with Gasteiger partial charge in [-0.3, -0.25) is 4.31 Å². The second kappa shape index (κ2) is 8.06. The van der Waals surface area contributed by atoms with Gasteiger partial charge < -0.3 is 10.2 Å². The minimum atomic E-state index is -4.37. The normalized spacial score (nSPS) is 25.3. The third-order valence-electron chi connectivity index (χ3n) is 6.77. The van der Waals surface area contributed by atoms with Crippen molar-refractivity contribution in [3.63, 3.8) is 0 Å². The molecule has 1 aliphatic heterocycles. The topological polar surface area (TPSA) is 44.3 Å².